The molecule has 0 spiro atoms. The SMILES string of the molecule is CCc1ccc(C(=O)CN2CCC(C(F)(F)F)CC2)cc1. The van der Waals surface area contributed by atoms with Gasteiger partial charge >= 0.3 is 6.18 Å². The number of nitrogens with zero attached hydrogens (tertiary/aromatic N) is 1. The quantitative estimate of drug-likeness (QED) is 0.790. The Morgan fingerprint density at radius 1 is 1.19 bits per heavy atom. The molecule has 5 heteroatoms. The van der Waals surface area contributed by atoms with Crippen molar-refractivity contribution >= 4 is 5.78 Å². The molecule has 0 amide bonds. The van der Waals surface area contributed by atoms with E-state index in [1.807, 2.05) is 24.0 Å². The Balaban J connectivity index is 1.86. The van der Waals surface area contributed by atoms with Crippen LogP contribution in [-0.2, 0) is 6.42 Å². The van der Waals surface area contributed by atoms with Gasteiger partial charge in [-0.05, 0) is 37.9 Å². The highest BCUT2D eigenvalue weighted by Crippen LogP contribution is 2.34. The molecule has 0 aliphatic carbocycles. The Kier molecular flexibility index (Phi) is 5.04. The second kappa shape index (κ2) is 6.60. The first kappa shape index (κ1) is 16.0. The molecule has 1 aliphatic heterocycles. The molecule has 2 rings (SSSR count). The van der Waals surface area contributed by atoms with E-state index in [9.17, 15) is 18.0 Å². The lowest BCUT2D eigenvalue weighted by Crippen LogP contribution is -2.41. The van der Waals surface area contributed by atoms with Crippen LogP contribution in [0.3, 0.4) is 0 Å². The highest BCUT2D eigenvalue weighted by Gasteiger charge is 2.41. The van der Waals surface area contributed by atoms with E-state index >= 15 is 0 Å². The molecule has 1 aromatic carbocycles. The van der Waals surface area contributed by atoms with E-state index in [0.29, 0.717) is 18.7 Å². The number of rotatable bonds is 4. The molecule has 1 heterocycles. The number of benzene rings is 1. The number of ketones is 1. The zero-order valence-electron chi connectivity index (χ0n) is 12.1. The summed E-state index contributed by atoms with van der Waals surface area (Å²) in [6, 6.07) is 7.43. The van der Waals surface area contributed by atoms with Gasteiger partial charge < -0.3 is 0 Å². The van der Waals surface area contributed by atoms with Crippen LogP contribution in [-0.4, -0.2) is 36.5 Å². The number of carbonyl (C=O) groups is 1. The van der Waals surface area contributed by atoms with Crippen molar-refractivity contribution in [2.75, 3.05) is 19.6 Å². The molecular weight excluding hydrogens is 279 g/mol. The summed E-state index contributed by atoms with van der Waals surface area (Å²) in [5, 5.41) is 0. The Labute approximate surface area is 122 Å². The molecule has 0 radical (unpaired) electrons. The standard InChI is InChI=1S/C16H20F3NO/c1-2-12-3-5-13(6-4-12)15(21)11-20-9-7-14(8-10-20)16(17,18)19/h3-6,14H,2,7-11H2,1H3. The van der Waals surface area contributed by atoms with Crippen molar-refractivity contribution in [3.63, 3.8) is 0 Å². The molecule has 2 nitrogen and oxygen atoms in total. The van der Waals surface area contributed by atoms with Crippen LogP contribution in [0.4, 0.5) is 13.2 Å². The van der Waals surface area contributed by atoms with Gasteiger partial charge in [-0.3, -0.25) is 9.69 Å². The predicted octanol–water partition coefficient (Wildman–Crippen LogP) is 3.71. The van der Waals surface area contributed by atoms with Gasteiger partial charge in [-0.15, -0.1) is 0 Å². The van der Waals surface area contributed by atoms with Gasteiger partial charge in [-0.2, -0.15) is 13.2 Å². The van der Waals surface area contributed by atoms with Gasteiger partial charge in [0.25, 0.3) is 0 Å². The molecule has 0 aromatic heterocycles. The average molecular weight is 299 g/mol. The summed E-state index contributed by atoms with van der Waals surface area (Å²) in [7, 11) is 0. The summed E-state index contributed by atoms with van der Waals surface area (Å²) in [4.78, 5) is 13.9. The fourth-order valence-corrected chi connectivity index (χ4v) is 2.64. The van der Waals surface area contributed by atoms with Gasteiger partial charge in [0.2, 0.25) is 0 Å². The lowest BCUT2D eigenvalue weighted by Gasteiger charge is -2.32. The summed E-state index contributed by atoms with van der Waals surface area (Å²) in [5.41, 5.74) is 1.79. The summed E-state index contributed by atoms with van der Waals surface area (Å²) in [6.07, 6.45) is -3.01. The Bertz CT molecular complexity index is 473. The summed E-state index contributed by atoms with van der Waals surface area (Å²) in [6.45, 7) is 2.92. The lowest BCUT2D eigenvalue weighted by molar-refractivity contribution is -0.184. The minimum absolute atomic E-state index is 0.0249. The van der Waals surface area contributed by atoms with Crippen LogP contribution in [0.25, 0.3) is 0 Å². The highest BCUT2D eigenvalue weighted by atomic mass is 19.4. The van der Waals surface area contributed by atoms with Gasteiger partial charge in [0, 0.05) is 5.56 Å². The molecule has 0 bridgehead atoms. The number of aryl methyl sites for hydroxylation is 1. The summed E-state index contributed by atoms with van der Waals surface area (Å²) in [5.74, 6) is -1.24. The van der Waals surface area contributed by atoms with Crippen LogP contribution in [0.5, 0.6) is 0 Å². The molecule has 116 valence electrons. The fraction of sp³-hybridized carbons (Fsp3) is 0.562. The average Bonchev–Trinajstić information content (AvgIpc) is 2.47. The van der Waals surface area contributed by atoms with Crippen LogP contribution < -0.4 is 0 Å². The topological polar surface area (TPSA) is 20.3 Å². The maximum absolute atomic E-state index is 12.6. The first-order valence-electron chi connectivity index (χ1n) is 7.31. The zero-order valence-corrected chi connectivity index (χ0v) is 12.1. The number of alkyl halides is 3. The molecule has 0 saturated carbocycles. The van der Waals surface area contributed by atoms with Gasteiger partial charge in [-0.1, -0.05) is 31.2 Å². The predicted molar refractivity (Wildman–Crippen MR) is 75.4 cm³/mol. The zero-order chi connectivity index (χ0) is 15.5. The van der Waals surface area contributed by atoms with Gasteiger partial charge in [0.15, 0.2) is 5.78 Å². The van der Waals surface area contributed by atoms with E-state index in [4.69, 9.17) is 0 Å². The van der Waals surface area contributed by atoms with E-state index in [2.05, 4.69) is 0 Å². The van der Waals surface area contributed by atoms with Gasteiger partial charge in [0.05, 0.1) is 12.5 Å². The first-order chi connectivity index (χ1) is 9.90. The van der Waals surface area contributed by atoms with Crippen molar-refractivity contribution in [2.24, 2.45) is 5.92 Å². The summed E-state index contributed by atoms with van der Waals surface area (Å²) >= 11 is 0. The minimum Gasteiger partial charge on any atom is -0.296 e. The van der Waals surface area contributed by atoms with Crippen LogP contribution in [0.15, 0.2) is 24.3 Å². The van der Waals surface area contributed by atoms with E-state index in [1.54, 1.807) is 12.1 Å². The number of carbonyl (C=O) groups excluding carboxylic acids is 1. The smallest absolute Gasteiger partial charge is 0.296 e. The highest BCUT2D eigenvalue weighted by molar-refractivity contribution is 5.97. The number of likely N-dealkylation sites (tertiary alicyclic amines) is 1. The molecule has 0 unspecified atom stereocenters. The van der Waals surface area contributed by atoms with Crippen molar-refractivity contribution in [3.8, 4) is 0 Å². The van der Waals surface area contributed by atoms with E-state index in [0.717, 1.165) is 12.0 Å². The number of piperidine rings is 1. The molecule has 1 aromatic rings. The fourth-order valence-electron chi connectivity index (χ4n) is 2.64. The van der Waals surface area contributed by atoms with E-state index < -0.39 is 12.1 Å². The third-order valence-electron chi connectivity index (χ3n) is 4.10. The molecule has 0 atom stereocenters. The maximum Gasteiger partial charge on any atom is 0.391 e. The lowest BCUT2D eigenvalue weighted by atomic mass is 9.96. The van der Waals surface area contributed by atoms with Crippen molar-refractivity contribution in [1.82, 2.24) is 4.90 Å². The summed E-state index contributed by atoms with van der Waals surface area (Å²) < 4.78 is 37.7. The van der Waals surface area contributed by atoms with Crippen LogP contribution in [0.2, 0.25) is 0 Å². The second-order valence-corrected chi connectivity index (χ2v) is 5.57. The minimum atomic E-state index is -4.11. The normalized spacial score (nSPS) is 17.9. The van der Waals surface area contributed by atoms with Crippen LogP contribution >= 0.6 is 0 Å². The number of Topliss-reactive ketones (excluding diaryl/α,β-unsaturated/α-hetero) is 1. The van der Waals surface area contributed by atoms with Crippen LogP contribution in [0, 0.1) is 5.92 Å². The van der Waals surface area contributed by atoms with Gasteiger partial charge in [0.1, 0.15) is 0 Å². The maximum atomic E-state index is 12.6. The Morgan fingerprint density at radius 3 is 2.24 bits per heavy atom. The van der Waals surface area contributed by atoms with Crippen molar-refractivity contribution in [1.29, 1.82) is 0 Å². The third-order valence-corrected chi connectivity index (χ3v) is 4.10. The van der Waals surface area contributed by atoms with Crippen molar-refractivity contribution in [3.05, 3.63) is 35.4 Å². The molecule has 1 aliphatic rings. The molecule has 1 saturated heterocycles. The molecule has 1 fully saturated rings. The Morgan fingerprint density at radius 2 is 1.76 bits per heavy atom. The van der Waals surface area contributed by atoms with E-state index in [-0.39, 0.29) is 25.2 Å². The largest absolute Gasteiger partial charge is 0.391 e. The Hall–Kier alpha value is -1.36. The second-order valence-electron chi connectivity index (χ2n) is 5.57. The molecular formula is C16H20F3NO. The van der Waals surface area contributed by atoms with Crippen LogP contribution in [0.1, 0.15) is 35.7 Å². The van der Waals surface area contributed by atoms with Crippen molar-refractivity contribution in [2.45, 2.75) is 32.4 Å². The number of hydrogen-bond acceptors (Lipinski definition) is 2. The monoisotopic (exact) mass is 299 g/mol. The third kappa shape index (κ3) is 4.30. The number of halogens is 3. The first-order valence-corrected chi connectivity index (χ1v) is 7.31. The van der Waals surface area contributed by atoms with E-state index in [1.165, 1.54) is 0 Å². The molecule has 0 N–H and O–H groups in total. The van der Waals surface area contributed by atoms with Gasteiger partial charge in [-0.25, -0.2) is 0 Å². The number of hydrogen-bond donors (Lipinski definition) is 0. The van der Waals surface area contributed by atoms with Crippen molar-refractivity contribution < 1.29 is 18.0 Å². The molecule has 21 heavy (non-hydrogen) atoms.